The third kappa shape index (κ3) is 7.52. The molecule has 4 aromatic rings. The predicted octanol–water partition coefficient (Wildman–Crippen LogP) is 9.56. The van der Waals surface area contributed by atoms with Crippen LogP contribution in [0.15, 0.2) is 48.5 Å². The highest BCUT2D eigenvalue weighted by Crippen LogP contribution is 2.57. The summed E-state index contributed by atoms with van der Waals surface area (Å²) in [4.78, 5) is 0. The SMILES string of the molecule is COc1c(C)cc(P(c2cc(C)c(OC)c(C)c2)C(C)C(C)(C)C(C)P(c2cc(C)c(OC)c(C)c2)c2cc(C)c(OC)c(C)c2)cc1C. The van der Waals surface area contributed by atoms with Crippen molar-refractivity contribution in [2.24, 2.45) is 5.41 Å². The molecule has 6 heteroatoms. The minimum absolute atomic E-state index is 0.0651. The highest BCUT2D eigenvalue weighted by molar-refractivity contribution is 7.74. The van der Waals surface area contributed by atoms with Gasteiger partial charge in [-0.1, -0.05) is 27.7 Å². The Morgan fingerprint density at radius 2 is 0.551 bits per heavy atom. The first-order chi connectivity index (χ1) is 23.0. The highest BCUT2D eigenvalue weighted by Gasteiger charge is 2.42. The van der Waals surface area contributed by atoms with Crippen molar-refractivity contribution < 1.29 is 18.9 Å². The number of methoxy groups -OCH3 is 4. The Labute approximate surface area is 299 Å². The molecule has 0 amide bonds. The van der Waals surface area contributed by atoms with Gasteiger partial charge in [0.2, 0.25) is 0 Å². The summed E-state index contributed by atoms with van der Waals surface area (Å²) in [6.45, 7) is 27.4. The number of benzene rings is 4. The molecule has 4 rings (SSSR count). The highest BCUT2D eigenvalue weighted by atomic mass is 31.1. The molecule has 0 aliphatic heterocycles. The number of hydrogen-bond donors (Lipinski definition) is 0. The van der Waals surface area contributed by atoms with Gasteiger partial charge in [0, 0.05) is 0 Å². The first-order valence-electron chi connectivity index (χ1n) is 17.2. The van der Waals surface area contributed by atoms with E-state index in [1.165, 1.54) is 65.7 Å². The maximum absolute atomic E-state index is 5.83. The van der Waals surface area contributed by atoms with Crippen LogP contribution in [-0.2, 0) is 0 Å². The Balaban J connectivity index is 1.97. The molecular formula is C43H58O4P2. The van der Waals surface area contributed by atoms with E-state index in [4.69, 9.17) is 18.9 Å². The largest absolute Gasteiger partial charge is 0.496 e. The van der Waals surface area contributed by atoms with E-state index >= 15 is 0 Å². The van der Waals surface area contributed by atoms with Crippen molar-refractivity contribution >= 4 is 37.1 Å². The molecule has 4 aromatic carbocycles. The van der Waals surface area contributed by atoms with Crippen molar-refractivity contribution in [3.63, 3.8) is 0 Å². The van der Waals surface area contributed by atoms with Crippen LogP contribution in [-0.4, -0.2) is 39.8 Å². The van der Waals surface area contributed by atoms with Gasteiger partial charge in [0.1, 0.15) is 23.0 Å². The fraction of sp³-hybridized carbons (Fsp3) is 0.442. The van der Waals surface area contributed by atoms with Gasteiger partial charge in [-0.05, 0) is 202 Å². The third-order valence-electron chi connectivity index (χ3n) is 10.6. The molecule has 0 heterocycles. The summed E-state index contributed by atoms with van der Waals surface area (Å²) < 4.78 is 23.3. The van der Waals surface area contributed by atoms with Crippen LogP contribution >= 0.6 is 15.8 Å². The Kier molecular flexibility index (Phi) is 12.2. The smallest absolute Gasteiger partial charge is 0.124 e. The molecule has 0 saturated heterocycles. The van der Waals surface area contributed by atoms with E-state index in [2.05, 4.69) is 132 Å². The van der Waals surface area contributed by atoms with Crippen molar-refractivity contribution in [1.29, 1.82) is 0 Å². The quantitative estimate of drug-likeness (QED) is 0.138. The molecule has 0 spiro atoms. The third-order valence-corrected chi connectivity index (χ3v) is 16.8. The number of rotatable bonds is 12. The summed E-state index contributed by atoms with van der Waals surface area (Å²) in [6, 6.07) is 19.0. The van der Waals surface area contributed by atoms with Crippen LogP contribution < -0.4 is 40.2 Å². The molecule has 0 saturated carbocycles. The first kappa shape index (κ1) is 38.7. The minimum Gasteiger partial charge on any atom is -0.496 e. The molecule has 0 aliphatic rings. The molecule has 0 aromatic heterocycles. The lowest BCUT2D eigenvalue weighted by atomic mass is 9.86. The van der Waals surface area contributed by atoms with Crippen LogP contribution in [0.1, 0.15) is 72.2 Å². The molecule has 0 aliphatic carbocycles. The second-order valence-corrected chi connectivity index (χ2v) is 19.5. The average molecular weight is 701 g/mol. The molecule has 49 heavy (non-hydrogen) atoms. The van der Waals surface area contributed by atoms with Gasteiger partial charge in [0.05, 0.1) is 28.4 Å². The summed E-state index contributed by atoms with van der Waals surface area (Å²) in [5, 5.41) is 5.55. The van der Waals surface area contributed by atoms with Gasteiger partial charge in [-0.15, -0.1) is 0 Å². The van der Waals surface area contributed by atoms with Crippen LogP contribution in [0.3, 0.4) is 0 Å². The number of ether oxygens (including phenoxy) is 4. The van der Waals surface area contributed by atoms with Crippen molar-refractivity contribution in [3.05, 3.63) is 93.0 Å². The molecule has 2 atom stereocenters. The predicted molar refractivity (Wildman–Crippen MR) is 215 cm³/mol. The Hall–Kier alpha value is -3.06. The van der Waals surface area contributed by atoms with E-state index in [-0.39, 0.29) is 5.41 Å². The topological polar surface area (TPSA) is 36.9 Å². The van der Waals surface area contributed by atoms with Gasteiger partial charge in [0.15, 0.2) is 0 Å². The van der Waals surface area contributed by atoms with E-state index < -0.39 is 15.8 Å². The van der Waals surface area contributed by atoms with E-state index in [1.807, 2.05) is 0 Å². The average Bonchev–Trinajstić information content (AvgIpc) is 3.01. The zero-order valence-electron chi connectivity index (χ0n) is 32.8. The first-order valence-corrected chi connectivity index (χ1v) is 20.0. The zero-order valence-corrected chi connectivity index (χ0v) is 34.6. The maximum Gasteiger partial charge on any atom is 0.124 e. The zero-order chi connectivity index (χ0) is 36.5. The minimum atomic E-state index is -0.776. The lowest BCUT2D eigenvalue weighted by Gasteiger charge is -2.46. The van der Waals surface area contributed by atoms with Crippen molar-refractivity contribution in [2.75, 3.05) is 28.4 Å². The Morgan fingerprint density at radius 1 is 0.388 bits per heavy atom. The molecule has 0 N–H and O–H groups in total. The van der Waals surface area contributed by atoms with Crippen LogP contribution in [0.25, 0.3) is 0 Å². The summed E-state index contributed by atoms with van der Waals surface area (Å²) in [5.74, 6) is 3.89. The molecule has 0 radical (unpaired) electrons. The monoisotopic (exact) mass is 700 g/mol. The normalized spacial score (nSPS) is 13.1. The molecule has 0 bridgehead atoms. The van der Waals surface area contributed by atoms with Crippen LogP contribution in [0, 0.1) is 60.8 Å². The van der Waals surface area contributed by atoms with Crippen LogP contribution in [0.4, 0.5) is 0 Å². The molecule has 4 nitrogen and oxygen atoms in total. The van der Waals surface area contributed by atoms with Crippen LogP contribution in [0.5, 0.6) is 23.0 Å². The number of aryl methyl sites for hydroxylation is 8. The second kappa shape index (κ2) is 15.4. The fourth-order valence-electron chi connectivity index (χ4n) is 7.76. The fourth-order valence-corrected chi connectivity index (χ4v) is 14.7. The number of hydrogen-bond acceptors (Lipinski definition) is 4. The van der Waals surface area contributed by atoms with E-state index in [9.17, 15) is 0 Å². The van der Waals surface area contributed by atoms with Gasteiger partial charge >= 0.3 is 0 Å². The Morgan fingerprint density at radius 3 is 0.694 bits per heavy atom. The summed E-state index contributed by atoms with van der Waals surface area (Å²) in [5.41, 5.74) is 10.1. The van der Waals surface area contributed by atoms with Crippen LogP contribution in [0.2, 0.25) is 0 Å². The molecule has 264 valence electrons. The van der Waals surface area contributed by atoms with Gasteiger partial charge in [-0.2, -0.15) is 0 Å². The summed E-state index contributed by atoms with van der Waals surface area (Å²) in [7, 11) is 5.54. The lowest BCUT2D eigenvalue weighted by Crippen LogP contribution is -2.41. The second-order valence-electron chi connectivity index (χ2n) is 14.4. The molecule has 2 unspecified atom stereocenters. The summed E-state index contributed by atoms with van der Waals surface area (Å²) in [6.07, 6.45) is 0. The van der Waals surface area contributed by atoms with Gasteiger partial charge in [-0.3, -0.25) is 0 Å². The van der Waals surface area contributed by atoms with E-state index in [1.54, 1.807) is 28.4 Å². The molecule has 0 fully saturated rings. The van der Waals surface area contributed by atoms with Gasteiger partial charge in [0.25, 0.3) is 0 Å². The van der Waals surface area contributed by atoms with Crippen molar-refractivity contribution in [2.45, 2.75) is 94.4 Å². The lowest BCUT2D eigenvalue weighted by molar-refractivity contribution is 0.356. The van der Waals surface area contributed by atoms with Crippen molar-refractivity contribution in [1.82, 2.24) is 0 Å². The maximum atomic E-state index is 5.83. The molecular weight excluding hydrogens is 642 g/mol. The van der Waals surface area contributed by atoms with Gasteiger partial charge < -0.3 is 18.9 Å². The van der Waals surface area contributed by atoms with E-state index in [0.717, 1.165) is 23.0 Å². The standard InChI is InChI=1S/C43H58O4P2/c1-25-17-35(18-26(2)39(25)44-13)48(36-19-27(3)40(45-14)28(4)20-36)33(9)43(11,12)34(10)49(37-21-29(5)41(46-15)30(6)22-37)38-23-31(7)42(47-16)32(8)24-38/h17-24,33-34H,1-16H3. The van der Waals surface area contributed by atoms with E-state index in [0.29, 0.717) is 11.3 Å². The van der Waals surface area contributed by atoms with Gasteiger partial charge in [-0.25, -0.2) is 0 Å². The summed E-state index contributed by atoms with van der Waals surface area (Å²) >= 11 is 0. The Bertz CT molecular complexity index is 1480. The van der Waals surface area contributed by atoms with Crippen molar-refractivity contribution in [3.8, 4) is 23.0 Å².